The molecule has 0 radical (unpaired) electrons. The molecule has 1 aliphatic rings. The molecule has 0 aliphatic heterocycles. The monoisotopic (exact) mass is 330 g/mol. The van der Waals surface area contributed by atoms with Gasteiger partial charge < -0.3 is 5.11 Å². The highest BCUT2D eigenvalue weighted by Crippen LogP contribution is 2.39. The molecule has 1 aliphatic carbocycles. The second kappa shape index (κ2) is 5.71. The first-order valence-electron chi connectivity index (χ1n) is 6.39. The smallest absolute Gasteiger partial charge is 0.146 e. The summed E-state index contributed by atoms with van der Waals surface area (Å²) in [5.41, 5.74) is 0.944. The fraction of sp³-hybridized carbons (Fsp3) is 0.467. The van der Waals surface area contributed by atoms with Gasteiger partial charge in [0.25, 0.3) is 0 Å². The molecule has 1 aromatic rings. The van der Waals surface area contributed by atoms with Gasteiger partial charge in [0.2, 0.25) is 0 Å². The van der Waals surface area contributed by atoms with Crippen LogP contribution in [0.2, 0.25) is 0 Å². The Morgan fingerprint density at radius 1 is 1.37 bits per heavy atom. The van der Waals surface area contributed by atoms with Crippen molar-refractivity contribution in [3.8, 4) is 0 Å². The molecular weight excluding hydrogens is 314 g/mol. The van der Waals surface area contributed by atoms with E-state index in [0.717, 1.165) is 6.42 Å². The van der Waals surface area contributed by atoms with E-state index < -0.39 is 17.7 Å². The highest BCUT2D eigenvalue weighted by atomic mass is 79.9. The quantitative estimate of drug-likeness (QED) is 0.612. The van der Waals surface area contributed by atoms with Crippen molar-refractivity contribution < 1.29 is 13.9 Å². The molecule has 0 bridgehead atoms. The van der Waals surface area contributed by atoms with Crippen molar-refractivity contribution in [2.45, 2.75) is 32.8 Å². The minimum Gasteiger partial charge on any atom is -0.388 e. The van der Waals surface area contributed by atoms with Crippen LogP contribution in [0.3, 0.4) is 0 Å². The van der Waals surface area contributed by atoms with E-state index in [1.54, 1.807) is 0 Å². The minimum absolute atomic E-state index is 0.140. The van der Waals surface area contributed by atoms with Crippen molar-refractivity contribution in [3.05, 3.63) is 45.5 Å². The molecule has 3 unspecified atom stereocenters. The van der Waals surface area contributed by atoms with Crippen molar-refractivity contribution in [1.29, 1.82) is 0 Å². The minimum atomic E-state index is -1.11. The van der Waals surface area contributed by atoms with E-state index >= 15 is 0 Å². The Morgan fingerprint density at radius 3 is 2.68 bits per heavy atom. The summed E-state index contributed by atoms with van der Waals surface area (Å²) in [6, 6.07) is 2.50. The SMILES string of the molecule is CC1=CC(C)CC(C(O)c2c(F)ccc(Br)c2F)C1. The zero-order valence-corrected chi connectivity index (χ0v) is 12.5. The van der Waals surface area contributed by atoms with Crippen LogP contribution >= 0.6 is 15.9 Å². The highest BCUT2D eigenvalue weighted by Gasteiger charge is 2.30. The van der Waals surface area contributed by atoms with E-state index in [-0.39, 0.29) is 16.0 Å². The largest absolute Gasteiger partial charge is 0.388 e. The second-order valence-electron chi connectivity index (χ2n) is 5.39. The van der Waals surface area contributed by atoms with Gasteiger partial charge in [0, 0.05) is 0 Å². The number of hydrogen-bond donors (Lipinski definition) is 1. The summed E-state index contributed by atoms with van der Waals surface area (Å²) in [4.78, 5) is 0. The van der Waals surface area contributed by atoms with Crippen molar-refractivity contribution in [2.24, 2.45) is 11.8 Å². The van der Waals surface area contributed by atoms with Crippen LogP contribution in [0.15, 0.2) is 28.3 Å². The third kappa shape index (κ3) is 3.06. The normalized spacial score (nSPS) is 25.1. The molecule has 104 valence electrons. The molecule has 19 heavy (non-hydrogen) atoms. The maximum atomic E-state index is 14.0. The molecule has 2 rings (SSSR count). The number of halogens is 3. The lowest BCUT2D eigenvalue weighted by atomic mass is 9.78. The maximum Gasteiger partial charge on any atom is 0.146 e. The number of hydrogen-bond acceptors (Lipinski definition) is 1. The van der Waals surface area contributed by atoms with E-state index in [9.17, 15) is 13.9 Å². The molecule has 1 N–H and O–H groups in total. The van der Waals surface area contributed by atoms with E-state index in [0.29, 0.717) is 12.3 Å². The lowest BCUT2D eigenvalue weighted by Crippen LogP contribution is -2.21. The summed E-state index contributed by atoms with van der Waals surface area (Å²) in [7, 11) is 0. The Labute approximate surface area is 120 Å². The first kappa shape index (κ1) is 14.7. The van der Waals surface area contributed by atoms with Gasteiger partial charge in [-0.1, -0.05) is 18.6 Å². The topological polar surface area (TPSA) is 20.2 Å². The number of benzene rings is 1. The Morgan fingerprint density at radius 2 is 2.05 bits per heavy atom. The van der Waals surface area contributed by atoms with Gasteiger partial charge >= 0.3 is 0 Å². The molecule has 1 aromatic carbocycles. The second-order valence-corrected chi connectivity index (χ2v) is 6.25. The molecule has 0 amide bonds. The fourth-order valence-corrected chi connectivity index (χ4v) is 3.23. The van der Waals surface area contributed by atoms with Gasteiger partial charge in [-0.3, -0.25) is 0 Å². The Hall–Kier alpha value is -0.740. The van der Waals surface area contributed by atoms with Crippen molar-refractivity contribution >= 4 is 15.9 Å². The van der Waals surface area contributed by atoms with E-state index in [2.05, 4.69) is 28.9 Å². The molecule has 4 heteroatoms. The van der Waals surface area contributed by atoms with Gasteiger partial charge in [-0.25, -0.2) is 8.78 Å². The van der Waals surface area contributed by atoms with Crippen LogP contribution in [0.25, 0.3) is 0 Å². The van der Waals surface area contributed by atoms with Crippen LogP contribution in [0.1, 0.15) is 38.4 Å². The van der Waals surface area contributed by atoms with Crippen molar-refractivity contribution in [1.82, 2.24) is 0 Å². The number of rotatable bonds is 2. The molecule has 0 fully saturated rings. The Bertz CT molecular complexity index is 513. The van der Waals surface area contributed by atoms with Crippen LogP contribution in [-0.2, 0) is 0 Å². The summed E-state index contributed by atoms with van der Waals surface area (Å²) < 4.78 is 28.0. The lowest BCUT2D eigenvalue weighted by Gasteiger charge is -2.30. The molecule has 0 saturated heterocycles. The summed E-state index contributed by atoms with van der Waals surface area (Å²) in [5.74, 6) is -1.20. The molecule has 0 heterocycles. The zero-order chi connectivity index (χ0) is 14.2. The molecule has 0 aromatic heterocycles. The first-order valence-corrected chi connectivity index (χ1v) is 7.18. The number of aliphatic hydroxyl groups is 1. The third-order valence-corrected chi connectivity index (χ3v) is 4.26. The highest BCUT2D eigenvalue weighted by molar-refractivity contribution is 9.10. The van der Waals surface area contributed by atoms with Crippen LogP contribution in [0.4, 0.5) is 8.78 Å². The van der Waals surface area contributed by atoms with Crippen LogP contribution < -0.4 is 0 Å². The number of aliphatic hydroxyl groups excluding tert-OH is 1. The maximum absolute atomic E-state index is 14.0. The van der Waals surface area contributed by atoms with Crippen LogP contribution in [0.5, 0.6) is 0 Å². The summed E-state index contributed by atoms with van der Waals surface area (Å²) >= 11 is 3.03. The van der Waals surface area contributed by atoms with Gasteiger partial charge in [-0.2, -0.15) is 0 Å². The van der Waals surface area contributed by atoms with E-state index in [1.807, 2.05) is 6.92 Å². The predicted molar refractivity (Wildman–Crippen MR) is 74.7 cm³/mol. The molecule has 3 atom stereocenters. The first-order chi connectivity index (χ1) is 8.90. The molecular formula is C15H17BrF2O. The summed E-state index contributed by atoms with van der Waals surface area (Å²) in [6.45, 7) is 4.04. The third-order valence-electron chi connectivity index (χ3n) is 3.65. The molecule has 0 saturated carbocycles. The van der Waals surface area contributed by atoms with Gasteiger partial charge in [0.05, 0.1) is 16.1 Å². The van der Waals surface area contributed by atoms with Gasteiger partial charge in [0.1, 0.15) is 11.6 Å². The zero-order valence-electron chi connectivity index (χ0n) is 11.0. The van der Waals surface area contributed by atoms with Gasteiger partial charge in [0.15, 0.2) is 0 Å². The lowest BCUT2D eigenvalue weighted by molar-refractivity contribution is 0.0860. The Kier molecular flexibility index (Phi) is 4.41. The summed E-state index contributed by atoms with van der Waals surface area (Å²) in [5, 5.41) is 10.3. The van der Waals surface area contributed by atoms with Crippen molar-refractivity contribution in [3.63, 3.8) is 0 Å². The van der Waals surface area contributed by atoms with E-state index in [4.69, 9.17) is 0 Å². The standard InChI is InChI=1S/C15H17BrF2O/c1-8-5-9(2)7-10(6-8)15(19)13-12(17)4-3-11(16)14(13)18/h3-5,8,10,15,19H,6-7H2,1-2H3. The summed E-state index contributed by atoms with van der Waals surface area (Å²) in [6.07, 6.45) is 2.46. The average molecular weight is 331 g/mol. The van der Waals surface area contributed by atoms with E-state index in [1.165, 1.54) is 17.7 Å². The van der Waals surface area contributed by atoms with Gasteiger partial charge in [-0.15, -0.1) is 0 Å². The number of allylic oxidation sites excluding steroid dienone is 2. The van der Waals surface area contributed by atoms with Crippen LogP contribution in [0, 0.1) is 23.5 Å². The van der Waals surface area contributed by atoms with Crippen LogP contribution in [-0.4, -0.2) is 5.11 Å². The van der Waals surface area contributed by atoms with Gasteiger partial charge in [-0.05, 0) is 59.7 Å². The predicted octanol–water partition coefficient (Wildman–Crippen LogP) is 4.75. The Balaban J connectivity index is 2.33. The van der Waals surface area contributed by atoms with Crippen molar-refractivity contribution in [2.75, 3.05) is 0 Å². The molecule has 1 nitrogen and oxygen atoms in total. The fourth-order valence-electron chi connectivity index (χ4n) is 2.89. The molecule has 0 spiro atoms. The average Bonchev–Trinajstić information content (AvgIpc) is 2.33.